The van der Waals surface area contributed by atoms with E-state index in [2.05, 4.69) is 20.4 Å². The average Bonchev–Trinajstić information content (AvgIpc) is 2.84. The second-order valence-corrected chi connectivity index (χ2v) is 6.52. The van der Waals surface area contributed by atoms with Crippen molar-refractivity contribution in [3.8, 4) is 5.88 Å². The lowest BCUT2D eigenvalue weighted by Crippen LogP contribution is -2.21. The summed E-state index contributed by atoms with van der Waals surface area (Å²) in [7, 11) is 1.53. The van der Waals surface area contributed by atoms with Gasteiger partial charge in [0.25, 0.3) is 0 Å². The van der Waals surface area contributed by atoms with Crippen LogP contribution in [-0.2, 0) is 0 Å². The van der Waals surface area contributed by atoms with Gasteiger partial charge in [-0.2, -0.15) is 4.98 Å². The first kappa shape index (κ1) is 14.6. The lowest BCUT2D eigenvalue weighted by Gasteiger charge is -2.16. The summed E-state index contributed by atoms with van der Waals surface area (Å²) < 4.78 is 7.10. The van der Waals surface area contributed by atoms with Gasteiger partial charge in [-0.1, -0.05) is 23.9 Å². The third-order valence-electron chi connectivity index (χ3n) is 3.47. The molecule has 2 N–H and O–H groups in total. The van der Waals surface area contributed by atoms with Crippen LogP contribution < -0.4 is 10.2 Å². The Morgan fingerprint density at radius 2 is 2.13 bits per heavy atom. The minimum Gasteiger partial charge on any atom is -0.481 e. The molecule has 7 nitrogen and oxygen atoms in total. The molecule has 3 heterocycles. The zero-order valence-electron chi connectivity index (χ0n) is 12.3. The van der Waals surface area contributed by atoms with Gasteiger partial charge in [-0.15, -0.1) is 0 Å². The van der Waals surface area contributed by atoms with Crippen molar-refractivity contribution >= 4 is 34.6 Å². The van der Waals surface area contributed by atoms with Crippen LogP contribution in [0.1, 0.15) is 11.8 Å². The fourth-order valence-electron chi connectivity index (χ4n) is 2.44. The summed E-state index contributed by atoms with van der Waals surface area (Å²) in [5, 5.41) is 12.5. The number of hydrogen-bond acceptors (Lipinski definition) is 8. The predicted octanol–water partition coefficient (Wildman–Crippen LogP) is 2.26. The van der Waals surface area contributed by atoms with Crippen LogP contribution in [0.5, 0.6) is 5.88 Å². The SMILES string of the molecule is COc1nc(SC)nc2c1C(O)Nn1c(nc3ccccc31)S2. The molecule has 9 heteroatoms. The Balaban J connectivity index is 1.93. The Bertz CT molecular complexity index is 898. The molecular formula is C14H13N5O2S2. The number of benzene rings is 1. The number of hydrogen-bond donors (Lipinski definition) is 2. The Labute approximate surface area is 140 Å². The minimum absolute atomic E-state index is 0.363. The largest absolute Gasteiger partial charge is 0.481 e. The summed E-state index contributed by atoms with van der Waals surface area (Å²) in [6.07, 6.45) is 0.897. The summed E-state index contributed by atoms with van der Waals surface area (Å²) in [6, 6.07) is 7.74. The molecule has 0 radical (unpaired) electrons. The standard InChI is InChI=1S/C14H13N5O2S2/c1-21-11-9-10(20)18-19-8-6-4-3-5-7(8)15-14(19)23-12(9)17-13(16-11)22-2/h3-6,10,18,20H,1-2H3. The summed E-state index contributed by atoms with van der Waals surface area (Å²) in [5.74, 6) is 0.363. The fraction of sp³-hybridized carbons (Fsp3) is 0.214. The van der Waals surface area contributed by atoms with Gasteiger partial charge in [0.05, 0.1) is 23.7 Å². The third-order valence-corrected chi connectivity index (χ3v) is 4.98. The van der Waals surface area contributed by atoms with Crippen molar-refractivity contribution in [2.75, 3.05) is 18.8 Å². The highest BCUT2D eigenvalue weighted by atomic mass is 32.2. The molecule has 1 aliphatic heterocycles. The van der Waals surface area contributed by atoms with Crippen LogP contribution in [0.25, 0.3) is 11.0 Å². The number of aliphatic hydroxyl groups is 1. The average molecular weight is 347 g/mol. The van der Waals surface area contributed by atoms with Crippen LogP contribution in [0.3, 0.4) is 0 Å². The lowest BCUT2D eigenvalue weighted by atomic mass is 10.3. The van der Waals surface area contributed by atoms with Gasteiger partial charge in [-0.25, -0.2) is 14.6 Å². The van der Waals surface area contributed by atoms with Crippen molar-refractivity contribution in [1.82, 2.24) is 19.6 Å². The molecule has 0 bridgehead atoms. The topological polar surface area (TPSA) is 85.1 Å². The van der Waals surface area contributed by atoms with Crippen LogP contribution in [-0.4, -0.2) is 38.1 Å². The van der Waals surface area contributed by atoms with Crippen LogP contribution in [0.15, 0.2) is 39.6 Å². The number of para-hydroxylation sites is 2. The monoisotopic (exact) mass is 347 g/mol. The number of methoxy groups -OCH3 is 1. The van der Waals surface area contributed by atoms with E-state index < -0.39 is 6.23 Å². The van der Waals surface area contributed by atoms with Gasteiger partial charge in [-0.05, 0) is 30.2 Å². The number of thioether (sulfide) groups is 1. The zero-order valence-corrected chi connectivity index (χ0v) is 14.0. The second kappa shape index (κ2) is 5.59. The van der Waals surface area contributed by atoms with Crippen LogP contribution in [0.4, 0.5) is 0 Å². The first-order valence-corrected chi connectivity index (χ1v) is 8.85. The van der Waals surface area contributed by atoms with Crippen molar-refractivity contribution in [2.24, 2.45) is 0 Å². The molecule has 118 valence electrons. The fourth-order valence-corrected chi connectivity index (χ4v) is 3.85. The maximum Gasteiger partial charge on any atom is 0.226 e. The Morgan fingerprint density at radius 3 is 2.91 bits per heavy atom. The molecule has 0 saturated carbocycles. The number of aromatic nitrogens is 4. The molecule has 0 fully saturated rings. The molecule has 23 heavy (non-hydrogen) atoms. The van der Waals surface area contributed by atoms with E-state index in [0.29, 0.717) is 26.8 Å². The molecule has 3 aromatic rings. The predicted molar refractivity (Wildman–Crippen MR) is 88.5 cm³/mol. The quantitative estimate of drug-likeness (QED) is 0.415. The van der Waals surface area contributed by atoms with Crippen molar-refractivity contribution in [2.45, 2.75) is 21.6 Å². The maximum absolute atomic E-state index is 10.6. The van der Waals surface area contributed by atoms with Gasteiger partial charge in [-0.3, -0.25) is 5.43 Å². The number of ether oxygens (including phenoxy) is 1. The van der Waals surface area contributed by atoms with Gasteiger partial charge in [0.15, 0.2) is 16.5 Å². The van der Waals surface area contributed by atoms with Gasteiger partial charge in [0.2, 0.25) is 5.88 Å². The van der Waals surface area contributed by atoms with E-state index in [4.69, 9.17) is 4.74 Å². The van der Waals surface area contributed by atoms with Gasteiger partial charge >= 0.3 is 0 Å². The molecule has 0 amide bonds. The number of aliphatic hydroxyl groups excluding tert-OH is 1. The number of fused-ring (bicyclic) bond motifs is 4. The maximum atomic E-state index is 10.6. The summed E-state index contributed by atoms with van der Waals surface area (Å²) in [4.78, 5) is 13.4. The number of nitrogens with one attached hydrogen (secondary N) is 1. The zero-order chi connectivity index (χ0) is 16.0. The molecule has 0 spiro atoms. The van der Waals surface area contributed by atoms with Gasteiger partial charge in [0, 0.05) is 0 Å². The van der Waals surface area contributed by atoms with Crippen LogP contribution in [0, 0.1) is 0 Å². The van der Waals surface area contributed by atoms with E-state index in [1.807, 2.05) is 30.5 Å². The van der Waals surface area contributed by atoms with E-state index in [0.717, 1.165) is 11.0 Å². The van der Waals surface area contributed by atoms with E-state index in [1.54, 1.807) is 4.68 Å². The third kappa shape index (κ3) is 2.32. The summed E-state index contributed by atoms with van der Waals surface area (Å²) in [5.41, 5.74) is 5.29. The Kier molecular flexibility index (Phi) is 3.55. The molecule has 1 unspecified atom stereocenters. The Hall–Kier alpha value is -1.97. The number of nitrogens with zero attached hydrogens (tertiary/aromatic N) is 4. The highest BCUT2D eigenvalue weighted by Gasteiger charge is 2.29. The second-order valence-electron chi connectivity index (χ2n) is 4.79. The van der Waals surface area contributed by atoms with Crippen molar-refractivity contribution in [3.05, 3.63) is 29.8 Å². The van der Waals surface area contributed by atoms with E-state index in [1.165, 1.54) is 30.6 Å². The molecule has 4 rings (SSSR count). The molecular weight excluding hydrogens is 334 g/mol. The molecule has 0 aliphatic carbocycles. The normalized spacial score (nSPS) is 16.4. The van der Waals surface area contributed by atoms with Crippen molar-refractivity contribution in [3.63, 3.8) is 0 Å². The van der Waals surface area contributed by atoms with Crippen LogP contribution in [0.2, 0.25) is 0 Å². The highest BCUT2D eigenvalue weighted by molar-refractivity contribution is 7.99. The Morgan fingerprint density at radius 1 is 1.30 bits per heavy atom. The molecule has 1 aromatic carbocycles. The van der Waals surface area contributed by atoms with Gasteiger partial charge in [0.1, 0.15) is 5.03 Å². The first-order valence-electron chi connectivity index (χ1n) is 6.81. The van der Waals surface area contributed by atoms with E-state index in [-0.39, 0.29) is 0 Å². The summed E-state index contributed by atoms with van der Waals surface area (Å²) in [6.45, 7) is 0. The lowest BCUT2D eigenvalue weighted by molar-refractivity contribution is 0.181. The molecule has 0 saturated heterocycles. The van der Waals surface area contributed by atoms with Crippen LogP contribution >= 0.6 is 23.5 Å². The van der Waals surface area contributed by atoms with E-state index >= 15 is 0 Å². The van der Waals surface area contributed by atoms with Crippen molar-refractivity contribution in [1.29, 1.82) is 0 Å². The minimum atomic E-state index is -0.998. The van der Waals surface area contributed by atoms with E-state index in [9.17, 15) is 5.11 Å². The van der Waals surface area contributed by atoms with Crippen molar-refractivity contribution < 1.29 is 9.84 Å². The highest BCUT2D eigenvalue weighted by Crippen LogP contribution is 2.40. The molecule has 1 aliphatic rings. The molecule has 1 atom stereocenters. The molecule has 2 aromatic heterocycles. The summed E-state index contributed by atoms with van der Waals surface area (Å²) >= 11 is 2.80. The number of rotatable bonds is 2. The number of imidazole rings is 1. The van der Waals surface area contributed by atoms with Gasteiger partial charge < -0.3 is 9.84 Å². The first-order chi connectivity index (χ1) is 11.2. The smallest absolute Gasteiger partial charge is 0.226 e.